The average molecular weight is 368 g/mol. The number of rotatable bonds is 6. The summed E-state index contributed by atoms with van der Waals surface area (Å²) in [5.41, 5.74) is 3.01. The summed E-state index contributed by atoms with van der Waals surface area (Å²) in [7, 11) is 0. The number of hydrogen-bond acceptors (Lipinski definition) is 2. The summed E-state index contributed by atoms with van der Waals surface area (Å²) in [6.45, 7) is 4.67. The molecule has 0 radical (unpaired) electrons. The lowest BCUT2D eigenvalue weighted by Gasteiger charge is -2.16. The zero-order chi connectivity index (χ0) is 19.1. The summed E-state index contributed by atoms with van der Waals surface area (Å²) in [6, 6.07) is 14.4. The molecule has 1 fully saturated rings. The molecule has 0 atom stereocenters. The van der Waals surface area contributed by atoms with Crippen LogP contribution in [0.25, 0.3) is 0 Å². The molecular weight excluding hydrogens is 343 g/mol. The van der Waals surface area contributed by atoms with Gasteiger partial charge >= 0.3 is 0 Å². The highest BCUT2D eigenvalue weighted by Crippen LogP contribution is 2.21. The van der Waals surface area contributed by atoms with Crippen LogP contribution in [0.4, 0.5) is 10.1 Å². The third kappa shape index (κ3) is 5.29. The van der Waals surface area contributed by atoms with Gasteiger partial charge in [-0.1, -0.05) is 24.3 Å². The van der Waals surface area contributed by atoms with Crippen LogP contribution in [-0.2, 0) is 17.9 Å². The van der Waals surface area contributed by atoms with E-state index in [2.05, 4.69) is 15.6 Å². The van der Waals surface area contributed by atoms with Gasteiger partial charge in [-0.15, -0.1) is 0 Å². The van der Waals surface area contributed by atoms with Crippen molar-refractivity contribution < 1.29 is 9.18 Å². The number of amides is 1. The molecule has 2 N–H and O–H groups in total. The fourth-order valence-corrected chi connectivity index (χ4v) is 3.00. The summed E-state index contributed by atoms with van der Waals surface area (Å²) in [5, 5.41) is 6.46. The van der Waals surface area contributed by atoms with Gasteiger partial charge in [0.2, 0.25) is 5.91 Å². The first-order valence-electron chi connectivity index (χ1n) is 9.31. The van der Waals surface area contributed by atoms with E-state index in [1.807, 2.05) is 36.1 Å². The van der Waals surface area contributed by atoms with Gasteiger partial charge in [-0.05, 0) is 48.7 Å². The van der Waals surface area contributed by atoms with Crippen LogP contribution < -0.4 is 15.5 Å². The maximum absolute atomic E-state index is 13.0. The third-order valence-electron chi connectivity index (χ3n) is 4.46. The van der Waals surface area contributed by atoms with Gasteiger partial charge in [-0.3, -0.25) is 4.79 Å². The first-order valence-corrected chi connectivity index (χ1v) is 9.31. The van der Waals surface area contributed by atoms with Gasteiger partial charge in [0, 0.05) is 31.7 Å². The Morgan fingerprint density at radius 3 is 2.41 bits per heavy atom. The number of guanidine groups is 1. The summed E-state index contributed by atoms with van der Waals surface area (Å²) in [6.07, 6.45) is 1.56. The number of halogens is 1. The molecule has 3 rings (SSSR count). The van der Waals surface area contributed by atoms with Crippen molar-refractivity contribution in [1.29, 1.82) is 0 Å². The molecule has 1 heterocycles. The highest BCUT2D eigenvalue weighted by atomic mass is 19.1. The Morgan fingerprint density at radius 2 is 1.78 bits per heavy atom. The van der Waals surface area contributed by atoms with Crippen molar-refractivity contribution in [2.24, 2.45) is 4.99 Å². The number of hydrogen-bond donors (Lipinski definition) is 2. The molecule has 27 heavy (non-hydrogen) atoms. The first-order chi connectivity index (χ1) is 13.2. The molecule has 0 unspecified atom stereocenters. The SMILES string of the molecule is CCNC(=NCc1ccc(N2CCCC2=O)cc1)NCc1ccc(F)cc1. The van der Waals surface area contributed by atoms with Crippen molar-refractivity contribution in [3.8, 4) is 0 Å². The van der Waals surface area contributed by atoms with E-state index in [-0.39, 0.29) is 11.7 Å². The summed E-state index contributed by atoms with van der Waals surface area (Å²) < 4.78 is 13.0. The summed E-state index contributed by atoms with van der Waals surface area (Å²) in [4.78, 5) is 18.3. The number of carbonyl (C=O) groups excluding carboxylic acids is 1. The van der Waals surface area contributed by atoms with Gasteiger partial charge < -0.3 is 15.5 Å². The molecule has 5 nitrogen and oxygen atoms in total. The topological polar surface area (TPSA) is 56.7 Å². The highest BCUT2D eigenvalue weighted by Gasteiger charge is 2.21. The smallest absolute Gasteiger partial charge is 0.227 e. The maximum atomic E-state index is 13.0. The van der Waals surface area contributed by atoms with Crippen LogP contribution in [0.15, 0.2) is 53.5 Å². The Kier molecular flexibility index (Phi) is 6.41. The Bertz CT molecular complexity index is 787. The van der Waals surface area contributed by atoms with E-state index in [0.29, 0.717) is 25.5 Å². The van der Waals surface area contributed by atoms with Gasteiger partial charge in [0.25, 0.3) is 0 Å². The minimum absolute atomic E-state index is 0.195. The van der Waals surface area contributed by atoms with Crippen LogP contribution in [0.5, 0.6) is 0 Å². The molecule has 1 amide bonds. The monoisotopic (exact) mass is 368 g/mol. The van der Waals surface area contributed by atoms with E-state index >= 15 is 0 Å². The molecule has 0 aliphatic carbocycles. The standard InChI is InChI=1S/C21H25FN4O/c1-2-23-21(24-14-16-5-9-18(22)10-6-16)25-15-17-7-11-19(12-8-17)26-13-3-4-20(26)27/h5-12H,2-4,13-15H2,1H3,(H2,23,24,25). The summed E-state index contributed by atoms with van der Waals surface area (Å²) in [5.74, 6) is 0.666. The van der Waals surface area contributed by atoms with Gasteiger partial charge in [0.05, 0.1) is 6.54 Å². The Labute approximate surface area is 159 Å². The zero-order valence-corrected chi connectivity index (χ0v) is 15.5. The lowest BCUT2D eigenvalue weighted by molar-refractivity contribution is -0.117. The van der Waals surface area contributed by atoms with Gasteiger partial charge in [0.1, 0.15) is 5.82 Å². The van der Waals surface area contributed by atoms with E-state index in [4.69, 9.17) is 0 Å². The zero-order valence-electron chi connectivity index (χ0n) is 15.5. The van der Waals surface area contributed by atoms with Crippen molar-refractivity contribution in [3.05, 3.63) is 65.5 Å². The molecule has 0 spiro atoms. The van der Waals surface area contributed by atoms with Crippen molar-refractivity contribution in [3.63, 3.8) is 0 Å². The molecule has 0 saturated carbocycles. The molecule has 0 aromatic heterocycles. The normalized spacial score (nSPS) is 14.5. The van der Waals surface area contributed by atoms with E-state index < -0.39 is 0 Å². The molecule has 1 saturated heterocycles. The lowest BCUT2D eigenvalue weighted by atomic mass is 10.2. The number of nitrogens with zero attached hydrogens (tertiary/aromatic N) is 2. The van der Waals surface area contributed by atoms with Crippen LogP contribution in [0.3, 0.4) is 0 Å². The van der Waals surface area contributed by atoms with E-state index in [1.165, 1.54) is 12.1 Å². The Balaban J connectivity index is 1.58. The first kappa shape index (κ1) is 18.9. The number of aliphatic imine (C=N–C) groups is 1. The van der Waals surface area contributed by atoms with Crippen molar-refractivity contribution >= 4 is 17.6 Å². The molecule has 2 aromatic rings. The van der Waals surface area contributed by atoms with Crippen LogP contribution >= 0.6 is 0 Å². The molecular formula is C21H25FN4O. The van der Waals surface area contributed by atoms with Crippen LogP contribution in [-0.4, -0.2) is 25.0 Å². The second kappa shape index (κ2) is 9.16. The van der Waals surface area contributed by atoms with Crippen LogP contribution in [0.1, 0.15) is 30.9 Å². The minimum Gasteiger partial charge on any atom is -0.357 e. The quantitative estimate of drug-likeness (QED) is 0.608. The average Bonchev–Trinajstić information content (AvgIpc) is 3.11. The van der Waals surface area contributed by atoms with E-state index in [9.17, 15) is 9.18 Å². The molecule has 6 heteroatoms. The fourth-order valence-electron chi connectivity index (χ4n) is 3.00. The van der Waals surface area contributed by atoms with E-state index in [0.717, 1.165) is 36.3 Å². The maximum Gasteiger partial charge on any atom is 0.227 e. The van der Waals surface area contributed by atoms with Gasteiger partial charge in [0.15, 0.2) is 5.96 Å². The second-order valence-electron chi connectivity index (χ2n) is 6.49. The number of carbonyl (C=O) groups is 1. The Hall–Kier alpha value is -2.89. The predicted octanol–water partition coefficient (Wildman–Crippen LogP) is 3.21. The van der Waals surface area contributed by atoms with Crippen LogP contribution in [0.2, 0.25) is 0 Å². The van der Waals surface area contributed by atoms with Gasteiger partial charge in [-0.25, -0.2) is 9.38 Å². The van der Waals surface area contributed by atoms with E-state index in [1.54, 1.807) is 12.1 Å². The molecule has 1 aliphatic rings. The molecule has 2 aromatic carbocycles. The fraction of sp³-hybridized carbons (Fsp3) is 0.333. The van der Waals surface area contributed by atoms with Crippen LogP contribution in [0, 0.1) is 5.82 Å². The highest BCUT2D eigenvalue weighted by molar-refractivity contribution is 5.95. The third-order valence-corrected chi connectivity index (χ3v) is 4.46. The lowest BCUT2D eigenvalue weighted by Crippen LogP contribution is -2.36. The summed E-state index contributed by atoms with van der Waals surface area (Å²) >= 11 is 0. The second-order valence-corrected chi connectivity index (χ2v) is 6.49. The molecule has 1 aliphatic heterocycles. The van der Waals surface area contributed by atoms with Crippen molar-refractivity contribution in [2.75, 3.05) is 18.0 Å². The largest absolute Gasteiger partial charge is 0.357 e. The number of benzene rings is 2. The van der Waals surface area contributed by atoms with Crippen molar-refractivity contribution in [2.45, 2.75) is 32.9 Å². The predicted molar refractivity (Wildman–Crippen MR) is 106 cm³/mol. The van der Waals surface area contributed by atoms with Crippen molar-refractivity contribution in [1.82, 2.24) is 10.6 Å². The minimum atomic E-state index is -0.238. The molecule has 0 bridgehead atoms. The Morgan fingerprint density at radius 1 is 1.07 bits per heavy atom. The number of anilines is 1. The van der Waals surface area contributed by atoms with Gasteiger partial charge in [-0.2, -0.15) is 0 Å². The number of nitrogens with one attached hydrogen (secondary N) is 2. The molecule has 142 valence electrons.